The summed E-state index contributed by atoms with van der Waals surface area (Å²) in [6.07, 6.45) is 2.03. The molecule has 0 spiro atoms. The van der Waals surface area contributed by atoms with Crippen molar-refractivity contribution in [2.45, 2.75) is 11.5 Å². The van der Waals surface area contributed by atoms with Crippen molar-refractivity contribution >= 4 is 18.7 Å². The molecular formula is C13H14GeIrN-. The first kappa shape index (κ1) is 13.6. The third-order valence-corrected chi connectivity index (χ3v) is 5.95. The average molecular weight is 449 g/mol. The minimum atomic E-state index is -1.15. The van der Waals surface area contributed by atoms with Crippen molar-refractivity contribution in [2.75, 3.05) is 0 Å². The zero-order chi connectivity index (χ0) is 10.7. The molecule has 0 saturated carbocycles. The van der Waals surface area contributed by atoms with Crippen LogP contribution in [-0.2, 0) is 20.1 Å². The number of hydrogen-bond acceptors (Lipinski definition) is 1. The van der Waals surface area contributed by atoms with Gasteiger partial charge in [-0.1, -0.05) is 0 Å². The van der Waals surface area contributed by atoms with Gasteiger partial charge in [0.05, 0.1) is 0 Å². The molecule has 0 bridgehead atoms. The average Bonchev–Trinajstić information content (AvgIpc) is 2.30. The maximum absolute atomic E-state index is 4.49. The predicted molar refractivity (Wildman–Crippen MR) is 67.0 cm³/mol. The van der Waals surface area contributed by atoms with Gasteiger partial charge in [-0.3, -0.25) is 0 Å². The molecule has 1 aromatic carbocycles. The number of pyridine rings is 1. The maximum Gasteiger partial charge on any atom is 0 e. The summed E-state index contributed by atoms with van der Waals surface area (Å²) < 4.78 is 1.46. The van der Waals surface area contributed by atoms with Gasteiger partial charge in [0.15, 0.2) is 0 Å². The van der Waals surface area contributed by atoms with E-state index in [4.69, 9.17) is 0 Å². The Hall–Kier alpha value is -0.438. The molecule has 3 heteroatoms. The summed E-state index contributed by atoms with van der Waals surface area (Å²) in [5.41, 5.74) is 2.09. The fourth-order valence-electron chi connectivity index (χ4n) is 1.46. The van der Waals surface area contributed by atoms with Crippen LogP contribution in [0.15, 0.2) is 42.6 Å². The number of nitrogens with zero attached hydrogens (tertiary/aromatic N) is 1. The molecule has 2 aromatic rings. The molecule has 0 aliphatic heterocycles. The predicted octanol–water partition coefficient (Wildman–Crippen LogP) is 2.24. The fourth-order valence-corrected chi connectivity index (χ4v) is 3.25. The van der Waals surface area contributed by atoms with E-state index in [1.54, 1.807) is 0 Å². The van der Waals surface area contributed by atoms with E-state index in [9.17, 15) is 0 Å². The van der Waals surface area contributed by atoms with Gasteiger partial charge in [-0.15, -0.1) is 0 Å². The summed E-state index contributed by atoms with van der Waals surface area (Å²) in [7, 11) is 0. The monoisotopic (exact) mass is 451 g/mol. The van der Waals surface area contributed by atoms with E-state index < -0.39 is 14.3 Å². The minimum Gasteiger partial charge on any atom is 0 e. The SMILES string of the molecule is [CH3][GeH]([CH3])[c]1ccc(-c2[c-]cccc2)nc1.[Ir]. The van der Waals surface area contributed by atoms with Gasteiger partial charge in [-0.05, 0) is 0 Å². The van der Waals surface area contributed by atoms with Crippen LogP contribution in [0.5, 0.6) is 0 Å². The van der Waals surface area contributed by atoms with Crippen LogP contribution in [0.1, 0.15) is 0 Å². The van der Waals surface area contributed by atoms with Crippen molar-refractivity contribution < 1.29 is 20.1 Å². The van der Waals surface area contributed by atoms with Gasteiger partial charge in [0.25, 0.3) is 0 Å². The zero-order valence-corrected chi connectivity index (χ0v) is 14.2. The molecule has 0 saturated heterocycles. The Morgan fingerprint density at radius 1 is 1.12 bits per heavy atom. The maximum atomic E-state index is 4.49. The molecule has 1 nitrogen and oxygen atoms in total. The summed E-state index contributed by atoms with van der Waals surface area (Å²) >= 11 is -1.15. The topological polar surface area (TPSA) is 12.9 Å². The second-order valence-corrected chi connectivity index (χ2v) is 10.2. The minimum absolute atomic E-state index is 0. The molecule has 0 aliphatic rings. The van der Waals surface area contributed by atoms with E-state index in [0.29, 0.717) is 0 Å². The van der Waals surface area contributed by atoms with Crippen molar-refractivity contribution in [1.82, 2.24) is 4.98 Å². The van der Waals surface area contributed by atoms with Crippen LogP contribution in [0.3, 0.4) is 0 Å². The van der Waals surface area contributed by atoms with E-state index in [1.165, 1.54) is 4.40 Å². The Bertz CT molecular complexity index is 425. The van der Waals surface area contributed by atoms with E-state index in [0.717, 1.165) is 11.3 Å². The Labute approximate surface area is 115 Å². The Morgan fingerprint density at radius 2 is 1.94 bits per heavy atom. The molecule has 0 N–H and O–H groups in total. The summed E-state index contributed by atoms with van der Waals surface area (Å²) in [4.78, 5) is 4.49. The van der Waals surface area contributed by atoms with Crippen molar-refractivity contribution in [3.8, 4) is 11.3 Å². The van der Waals surface area contributed by atoms with Gasteiger partial charge in [-0.25, -0.2) is 0 Å². The van der Waals surface area contributed by atoms with E-state index in [1.807, 2.05) is 30.5 Å². The largest absolute Gasteiger partial charge is 0 e. The Morgan fingerprint density at radius 3 is 2.44 bits per heavy atom. The molecule has 16 heavy (non-hydrogen) atoms. The van der Waals surface area contributed by atoms with E-state index >= 15 is 0 Å². The Balaban J connectivity index is 0.00000128. The first-order valence-corrected chi connectivity index (χ1v) is 11.3. The van der Waals surface area contributed by atoms with Gasteiger partial charge in [0.2, 0.25) is 0 Å². The van der Waals surface area contributed by atoms with Gasteiger partial charge in [0.1, 0.15) is 0 Å². The summed E-state index contributed by atoms with van der Waals surface area (Å²) in [5.74, 6) is 4.72. The van der Waals surface area contributed by atoms with Crippen LogP contribution in [0.25, 0.3) is 11.3 Å². The van der Waals surface area contributed by atoms with Crippen LogP contribution in [0.2, 0.25) is 11.5 Å². The summed E-state index contributed by atoms with van der Waals surface area (Å²) in [5, 5.41) is 0. The molecule has 0 atom stereocenters. The summed E-state index contributed by atoms with van der Waals surface area (Å²) in [6, 6.07) is 15.5. The second kappa shape index (κ2) is 6.34. The number of hydrogen-bond donors (Lipinski definition) is 0. The van der Waals surface area contributed by atoms with Gasteiger partial charge < -0.3 is 0 Å². The molecule has 85 valence electrons. The van der Waals surface area contributed by atoms with Crippen LogP contribution in [-0.4, -0.2) is 19.3 Å². The van der Waals surface area contributed by atoms with Crippen molar-refractivity contribution in [3.63, 3.8) is 0 Å². The van der Waals surface area contributed by atoms with Gasteiger partial charge in [0, 0.05) is 20.1 Å². The van der Waals surface area contributed by atoms with E-state index in [-0.39, 0.29) is 20.1 Å². The van der Waals surface area contributed by atoms with Gasteiger partial charge in [-0.2, -0.15) is 0 Å². The number of rotatable bonds is 2. The van der Waals surface area contributed by atoms with Crippen LogP contribution in [0.4, 0.5) is 0 Å². The van der Waals surface area contributed by atoms with Crippen molar-refractivity contribution in [1.29, 1.82) is 0 Å². The van der Waals surface area contributed by atoms with Crippen LogP contribution < -0.4 is 4.40 Å². The first-order valence-electron chi connectivity index (χ1n) is 5.20. The van der Waals surface area contributed by atoms with Crippen LogP contribution >= 0.6 is 0 Å². The molecule has 0 unspecified atom stereocenters. The van der Waals surface area contributed by atoms with E-state index in [2.05, 4.69) is 34.7 Å². The van der Waals surface area contributed by atoms with Gasteiger partial charge >= 0.3 is 95.2 Å². The smallest absolute Gasteiger partial charge is 0 e. The summed E-state index contributed by atoms with van der Waals surface area (Å²) in [6.45, 7) is 0. The van der Waals surface area contributed by atoms with Crippen molar-refractivity contribution in [3.05, 3.63) is 48.7 Å². The second-order valence-electron chi connectivity index (χ2n) is 3.91. The Kier molecular flexibility index (Phi) is 5.40. The fraction of sp³-hybridized carbons (Fsp3) is 0.154. The normalized spacial score (nSPS) is 9.94. The zero-order valence-electron chi connectivity index (χ0n) is 9.40. The molecule has 1 radical (unpaired) electrons. The third kappa shape index (κ3) is 3.28. The molecular weight excluding hydrogens is 435 g/mol. The van der Waals surface area contributed by atoms with Crippen LogP contribution in [0, 0.1) is 6.07 Å². The molecule has 1 aromatic heterocycles. The first-order chi connectivity index (χ1) is 7.27. The molecule has 0 aliphatic carbocycles. The van der Waals surface area contributed by atoms with Crippen molar-refractivity contribution in [2.24, 2.45) is 0 Å². The molecule has 0 fully saturated rings. The number of benzene rings is 1. The molecule has 2 rings (SSSR count). The molecule has 1 heterocycles. The standard InChI is InChI=1S/C13H14GeN.Ir/c1-14(2)12-8-9-13(15-10-12)11-6-4-3-5-7-11;/h3-6,8-10,14H,1-2H3;/q-1;. The number of aromatic nitrogens is 1. The molecule has 0 amide bonds. The third-order valence-electron chi connectivity index (χ3n) is 2.44. The quantitative estimate of drug-likeness (QED) is 0.507.